The van der Waals surface area contributed by atoms with Crippen LogP contribution in [0.2, 0.25) is 0 Å². The first-order valence-electron chi connectivity index (χ1n) is 9.05. The van der Waals surface area contributed by atoms with E-state index < -0.39 is 12.0 Å². The molecule has 0 saturated carbocycles. The molecule has 0 radical (unpaired) electrons. The van der Waals surface area contributed by atoms with Crippen molar-refractivity contribution in [2.24, 2.45) is 0 Å². The average molecular weight is 406 g/mol. The quantitative estimate of drug-likeness (QED) is 0.650. The van der Waals surface area contributed by atoms with Crippen molar-refractivity contribution in [3.63, 3.8) is 0 Å². The number of nitrogens with zero attached hydrogens (tertiary/aromatic N) is 6. The van der Waals surface area contributed by atoms with Gasteiger partial charge in [0, 0.05) is 37.3 Å². The maximum Gasteiger partial charge on any atom is 0.453 e. The largest absolute Gasteiger partial charge is 0.453 e. The van der Waals surface area contributed by atoms with E-state index in [0.29, 0.717) is 23.4 Å². The lowest BCUT2D eigenvalue weighted by molar-refractivity contribution is -0.144. The van der Waals surface area contributed by atoms with Gasteiger partial charge in [0.05, 0.1) is 6.04 Å². The number of halogens is 3. The minimum Gasteiger partial charge on any atom is -0.339 e. The Balaban J connectivity index is 1.78. The van der Waals surface area contributed by atoms with Crippen molar-refractivity contribution in [3.05, 3.63) is 52.9 Å². The number of rotatable bonds is 5. The first kappa shape index (κ1) is 20.7. The summed E-state index contributed by atoms with van der Waals surface area (Å²) in [5.41, 5.74) is 2.69. The zero-order valence-electron chi connectivity index (χ0n) is 16.5. The van der Waals surface area contributed by atoms with Crippen LogP contribution in [-0.4, -0.2) is 42.4 Å². The fourth-order valence-corrected chi connectivity index (χ4v) is 3.18. The number of pyridine rings is 1. The molecule has 3 rings (SSSR count). The topological polar surface area (TPSA) is 76.3 Å². The van der Waals surface area contributed by atoms with E-state index in [-0.39, 0.29) is 24.1 Å². The van der Waals surface area contributed by atoms with Crippen LogP contribution in [0.5, 0.6) is 0 Å². The number of carbonyl (C=O) groups excluding carboxylic acids is 1. The molecule has 3 aromatic rings. The van der Waals surface area contributed by atoms with Crippen LogP contribution in [0.3, 0.4) is 0 Å². The van der Waals surface area contributed by atoms with Gasteiger partial charge in [-0.2, -0.15) is 18.2 Å². The van der Waals surface area contributed by atoms with E-state index in [0.717, 1.165) is 10.1 Å². The Morgan fingerprint density at radius 1 is 1.21 bits per heavy atom. The highest BCUT2D eigenvalue weighted by molar-refractivity contribution is 5.76. The van der Waals surface area contributed by atoms with E-state index in [1.807, 2.05) is 19.1 Å². The number of hydrogen-bond donors (Lipinski definition) is 0. The monoisotopic (exact) mass is 406 g/mol. The number of hydrogen-bond acceptors (Lipinski definition) is 5. The molecule has 0 aliphatic carbocycles. The number of amides is 1. The van der Waals surface area contributed by atoms with Gasteiger partial charge in [0.2, 0.25) is 5.91 Å². The molecule has 0 saturated heterocycles. The molecule has 0 aromatic carbocycles. The van der Waals surface area contributed by atoms with E-state index >= 15 is 0 Å². The molecule has 1 amide bonds. The lowest BCUT2D eigenvalue weighted by Crippen LogP contribution is -2.30. The molecule has 0 fully saturated rings. The highest BCUT2D eigenvalue weighted by Gasteiger charge is 2.37. The SMILES string of the molecule is Cc1nc2nc(C(F)(F)F)nn2c(C)c1CCC(=O)N(C)C(C)c1ccncc1. The molecular weight excluding hydrogens is 385 g/mol. The second kappa shape index (κ2) is 7.76. The van der Waals surface area contributed by atoms with Gasteiger partial charge >= 0.3 is 6.18 Å². The van der Waals surface area contributed by atoms with Crippen molar-refractivity contribution in [1.29, 1.82) is 0 Å². The molecule has 0 aliphatic heterocycles. The minimum atomic E-state index is -4.64. The van der Waals surface area contributed by atoms with Crippen LogP contribution < -0.4 is 0 Å². The Hall–Kier alpha value is -3.04. The van der Waals surface area contributed by atoms with E-state index in [2.05, 4.69) is 20.1 Å². The molecule has 29 heavy (non-hydrogen) atoms. The summed E-state index contributed by atoms with van der Waals surface area (Å²) in [6.45, 7) is 5.27. The summed E-state index contributed by atoms with van der Waals surface area (Å²) in [7, 11) is 1.72. The zero-order chi connectivity index (χ0) is 21.3. The lowest BCUT2D eigenvalue weighted by atomic mass is 10.0. The summed E-state index contributed by atoms with van der Waals surface area (Å²) in [6, 6.07) is 3.57. The molecule has 10 heteroatoms. The van der Waals surface area contributed by atoms with Gasteiger partial charge in [0.25, 0.3) is 11.6 Å². The van der Waals surface area contributed by atoms with E-state index in [4.69, 9.17) is 0 Å². The standard InChI is InChI=1S/C19H21F3N6O/c1-11-15(13(3)28-18(24-11)25-17(26-28)19(20,21)22)5-6-16(29)27(4)12(2)14-7-9-23-10-8-14/h7-10,12H,5-6H2,1-4H3. The van der Waals surface area contributed by atoms with Gasteiger partial charge < -0.3 is 4.90 Å². The maximum absolute atomic E-state index is 12.9. The van der Waals surface area contributed by atoms with Crippen LogP contribution in [0.15, 0.2) is 24.5 Å². The number of fused-ring (bicyclic) bond motifs is 1. The molecular formula is C19H21F3N6O. The van der Waals surface area contributed by atoms with E-state index in [1.165, 1.54) is 0 Å². The molecule has 7 nitrogen and oxygen atoms in total. The van der Waals surface area contributed by atoms with Crippen LogP contribution in [0, 0.1) is 13.8 Å². The molecule has 154 valence electrons. The van der Waals surface area contributed by atoms with Crippen LogP contribution in [0.1, 0.15) is 47.7 Å². The lowest BCUT2D eigenvalue weighted by Gasteiger charge is -2.25. The highest BCUT2D eigenvalue weighted by atomic mass is 19.4. The predicted molar refractivity (Wildman–Crippen MR) is 99.0 cm³/mol. The third-order valence-electron chi connectivity index (χ3n) is 5.05. The average Bonchev–Trinajstić information content (AvgIpc) is 3.11. The van der Waals surface area contributed by atoms with Crippen LogP contribution in [0.4, 0.5) is 13.2 Å². The van der Waals surface area contributed by atoms with Gasteiger partial charge in [0.1, 0.15) is 0 Å². The smallest absolute Gasteiger partial charge is 0.339 e. The zero-order valence-corrected chi connectivity index (χ0v) is 16.5. The number of alkyl halides is 3. The molecule has 0 aliphatic rings. The third-order valence-corrected chi connectivity index (χ3v) is 5.05. The van der Waals surface area contributed by atoms with Crippen molar-refractivity contribution < 1.29 is 18.0 Å². The molecule has 3 heterocycles. The number of aromatic nitrogens is 5. The molecule has 1 atom stereocenters. The summed E-state index contributed by atoms with van der Waals surface area (Å²) in [5, 5.41) is 3.53. The molecule has 3 aromatic heterocycles. The fraction of sp³-hybridized carbons (Fsp3) is 0.421. The van der Waals surface area contributed by atoms with Gasteiger partial charge in [-0.3, -0.25) is 9.78 Å². The van der Waals surface area contributed by atoms with Crippen molar-refractivity contribution in [3.8, 4) is 0 Å². The Kier molecular flexibility index (Phi) is 5.54. The summed E-state index contributed by atoms with van der Waals surface area (Å²) in [5.74, 6) is -1.42. The van der Waals surface area contributed by atoms with Crippen molar-refractivity contribution in [2.75, 3.05) is 7.05 Å². The van der Waals surface area contributed by atoms with Gasteiger partial charge in [-0.15, -0.1) is 5.10 Å². The van der Waals surface area contributed by atoms with E-state index in [9.17, 15) is 18.0 Å². The summed E-state index contributed by atoms with van der Waals surface area (Å²) < 4.78 is 39.8. The predicted octanol–water partition coefficient (Wildman–Crippen LogP) is 3.31. The van der Waals surface area contributed by atoms with Gasteiger partial charge in [-0.1, -0.05) is 0 Å². The van der Waals surface area contributed by atoms with E-state index in [1.54, 1.807) is 38.2 Å². The van der Waals surface area contributed by atoms with Gasteiger partial charge in [0.15, 0.2) is 0 Å². The van der Waals surface area contributed by atoms with Crippen molar-refractivity contribution in [1.82, 2.24) is 29.5 Å². The second-order valence-electron chi connectivity index (χ2n) is 6.87. The van der Waals surface area contributed by atoms with Crippen molar-refractivity contribution >= 4 is 11.7 Å². The Morgan fingerprint density at radius 3 is 2.48 bits per heavy atom. The number of aryl methyl sites for hydroxylation is 2. The molecule has 0 bridgehead atoms. The number of carbonyl (C=O) groups is 1. The molecule has 1 unspecified atom stereocenters. The fourth-order valence-electron chi connectivity index (χ4n) is 3.18. The van der Waals surface area contributed by atoms with Crippen LogP contribution in [0.25, 0.3) is 5.78 Å². The first-order valence-corrected chi connectivity index (χ1v) is 9.05. The summed E-state index contributed by atoms with van der Waals surface area (Å²) >= 11 is 0. The van der Waals surface area contributed by atoms with Gasteiger partial charge in [-0.05, 0) is 50.5 Å². The van der Waals surface area contributed by atoms with Gasteiger partial charge in [-0.25, -0.2) is 9.50 Å². The normalized spacial score (nSPS) is 12.9. The minimum absolute atomic E-state index is 0.0808. The molecule has 0 spiro atoms. The van der Waals surface area contributed by atoms with Crippen molar-refractivity contribution in [2.45, 2.75) is 45.8 Å². The maximum atomic E-state index is 12.9. The first-order chi connectivity index (χ1) is 13.6. The summed E-state index contributed by atoms with van der Waals surface area (Å²) in [4.78, 5) is 25.9. The van der Waals surface area contributed by atoms with Crippen LogP contribution >= 0.6 is 0 Å². The second-order valence-corrected chi connectivity index (χ2v) is 6.87. The van der Waals surface area contributed by atoms with Crippen LogP contribution in [-0.2, 0) is 17.4 Å². The Labute approximate surface area is 165 Å². The summed E-state index contributed by atoms with van der Waals surface area (Å²) in [6.07, 6.45) is -0.762. The molecule has 0 N–H and O–H groups in total. The Bertz CT molecular complexity index is 1030. The highest BCUT2D eigenvalue weighted by Crippen LogP contribution is 2.27. The third kappa shape index (κ3) is 4.20. The Morgan fingerprint density at radius 2 is 1.86 bits per heavy atom.